The molecule has 0 amide bonds. The molecule has 0 aromatic heterocycles. The van der Waals surface area contributed by atoms with E-state index in [1.54, 1.807) is 0 Å². The number of carboxylic acids is 1. The van der Waals surface area contributed by atoms with Gasteiger partial charge in [-0.05, 0) is 12.1 Å². The minimum atomic E-state index is -1.41. The van der Waals surface area contributed by atoms with Gasteiger partial charge in [0.05, 0.1) is 11.1 Å². The van der Waals surface area contributed by atoms with Crippen LogP contribution in [0.2, 0.25) is 0 Å². The summed E-state index contributed by atoms with van der Waals surface area (Å²) >= 11 is 0. The number of carbonyl (C=O) groups is 2. The van der Waals surface area contributed by atoms with E-state index < -0.39 is 17.3 Å². The van der Waals surface area contributed by atoms with E-state index in [-0.39, 0.29) is 17.4 Å². The van der Waals surface area contributed by atoms with Gasteiger partial charge in [0.25, 0.3) is 0 Å². The molecular weight excluding hydrogens is 189 g/mol. The Morgan fingerprint density at radius 1 is 1.57 bits per heavy atom. The zero-order valence-corrected chi connectivity index (χ0v) is 6.82. The molecule has 5 heteroatoms. The summed E-state index contributed by atoms with van der Waals surface area (Å²) in [5.41, 5.74) is -1.01. The van der Waals surface area contributed by atoms with Gasteiger partial charge in [0, 0.05) is 5.56 Å². The first-order chi connectivity index (χ1) is 6.60. The molecule has 0 heterocycles. The Balaban J connectivity index is 3.48. The van der Waals surface area contributed by atoms with Gasteiger partial charge < -0.3 is 5.11 Å². The Kier molecular flexibility index (Phi) is 2.58. The van der Waals surface area contributed by atoms with E-state index in [0.717, 1.165) is 6.07 Å². The van der Waals surface area contributed by atoms with Crippen molar-refractivity contribution in [2.24, 2.45) is 0 Å². The van der Waals surface area contributed by atoms with E-state index in [1.165, 1.54) is 6.07 Å². The fraction of sp³-hybridized carbons (Fsp3) is 0. The topological polar surface area (TPSA) is 78.2 Å². The molecule has 1 N–H and O–H groups in total. The summed E-state index contributed by atoms with van der Waals surface area (Å²) in [6, 6.07) is 3.08. The molecule has 0 aliphatic rings. The smallest absolute Gasteiger partial charge is 0.336 e. The van der Waals surface area contributed by atoms with Crippen molar-refractivity contribution >= 4 is 12.3 Å². The van der Waals surface area contributed by atoms with E-state index in [0.29, 0.717) is 6.07 Å². The number of nitriles is 1. The lowest BCUT2D eigenvalue weighted by atomic mass is 10.0. The fourth-order valence-electron chi connectivity index (χ4n) is 0.958. The van der Waals surface area contributed by atoms with Crippen molar-refractivity contribution in [3.05, 3.63) is 34.6 Å². The van der Waals surface area contributed by atoms with E-state index in [2.05, 4.69) is 0 Å². The van der Waals surface area contributed by atoms with Crippen LogP contribution in [0.5, 0.6) is 0 Å². The maximum atomic E-state index is 12.9. The second-order valence-electron chi connectivity index (χ2n) is 2.45. The molecule has 0 bridgehead atoms. The molecule has 70 valence electrons. The number of carboxylic acid groups (broad SMARTS) is 1. The first-order valence-corrected chi connectivity index (χ1v) is 3.52. The molecule has 1 aromatic rings. The monoisotopic (exact) mass is 193 g/mol. The summed E-state index contributed by atoms with van der Waals surface area (Å²) in [5, 5.41) is 17.0. The number of hydrogen-bond acceptors (Lipinski definition) is 3. The summed E-state index contributed by atoms with van der Waals surface area (Å²) < 4.78 is 12.9. The first kappa shape index (κ1) is 9.86. The number of hydrogen-bond donors (Lipinski definition) is 1. The lowest BCUT2D eigenvalue weighted by Gasteiger charge is -2.00. The van der Waals surface area contributed by atoms with Crippen molar-refractivity contribution < 1.29 is 19.1 Å². The molecule has 0 aliphatic heterocycles. The predicted molar refractivity (Wildman–Crippen MR) is 43.5 cm³/mol. The highest BCUT2D eigenvalue weighted by Gasteiger charge is 2.14. The van der Waals surface area contributed by atoms with Crippen molar-refractivity contribution in [1.82, 2.24) is 0 Å². The predicted octanol–water partition coefficient (Wildman–Crippen LogP) is 1.21. The Bertz CT molecular complexity index is 448. The number of aromatic carboxylic acids is 1. The minimum Gasteiger partial charge on any atom is -0.478 e. The van der Waals surface area contributed by atoms with Crippen LogP contribution in [0.1, 0.15) is 26.3 Å². The average molecular weight is 193 g/mol. The molecule has 1 aromatic carbocycles. The normalized spacial score (nSPS) is 9.14. The van der Waals surface area contributed by atoms with E-state index in [9.17, 15) is 14.0 Å². The highest BCUT2D eigenvalue weighted by atomic mass is 19.1. The highest BCUT2D eigenvalue weighted by molar-refractivity contribution is 5.97. The number of carbonyl (C=O) groups excluding carboxylic acids is 1. The van der Waals surface area contributed by atoms with Crippen LogP contribution >= 0.6 is 0 Å². The Morgan fingerprint density at radius 2 is 2.21 bits per heavy atom. The lowest BCUT2D eigenvalue weighted by molar-refractivity contribution is 0.0693. The van der Waals surface area contributed by atoms with Crippen LogP contribution in [-0.4, -0.2) is 17.4 Å². The molecule has 0 aliphatic carbocycles. The summed E-state index contributed by atoms with van der Waals surface area (Å²) in [5.74, 6) is -2.36. The molecule has 1 rings (SSSR count). The summed E-state index contributed by atoms with van der Waals surface area (Å²) in [6.45, 7) is 0. The maximum absolute atomic E-state index is 12.9. The molecule has 0 atom stereocenters. The molecule has 0 unspecified atom stereocenters. The van der Waals surface area contributed by atoms with Crippen molar-refractivity contribution in [1.29, 1.82) is 5.26 Å². The molecule has 0 spiro atoms. The molecule has 0 saturated heterocycles. The average Bonchev–Trinajstić information content (AvgIpc) is 2.17. The van der Waals surface area contributed by atoms with Gasteiger partial charge in [-0.25, -0.2) is 9.18 Å². The van der Waals surface area contributed by atoms with Gasteiger partial charge in [0.1, 0.15) is 11.9 Å². The van der Waals surface area contributed by atoms with E-state index in [4.69, 9.17) is 10.4 Å². The number of halogens is 1. The number of aldehydes is 1. The van der Waals surface area contributed by atoms with Crippen LogP contribution in [0.15, 0.2) is 12.1 Å². The second kappa shape index (κ2) is 3.66. The van der Waals surface area contributed by atoms with E-state index >= 15 is 0 Å². The maximum Gasteiger partial charge on any atom is 0.336 e. The van der Waals surface area contributed by atoms with Crippen molar-refractivity contribution in [2.45, 2.75) is 0 Å². The van der Waals surface area contributed by atoms with Crippen LogP contribution in [0.3, 0.4) is 0 Å². The molecule has 14 heavy (non-hydrogen) atoms. The zero-order valence-electron chi connectivity index (χ0n) is 6.82. The third kappa shape index (κ3) is 1.59. The van der Waals surface area contributed by atoms with Gasteiger partial charge in [0.15, 0.2) is 6.29 Å². The van der Waals surface area contributed by atoms with Gasteiger partial charge in [-0.1, -0.05) is 0 Å². The third-order valence-electron chi connectivity index (χ3n) is 1.62. The third-order valence-corrected chi connectivity index (χ3v) is 1.62. The van der Waals surface area contributed by atoms with Crippen LogP contribution < -0.4 is 0 Å². The number of benzene rings is 1. The molecule has 0 saturated carbocycles. The van der Waals surface area contributed by atoms with Gasteiger partial charge in [-0.2, -0.15) is 5.26 Å². The van der Waals surface area contributed by atoms with Gasteiger partial charge >= 0.3 is 5.97 Å². The summed E-state index contributed by atoms with van der Waals surface area (Å²) in [4.78, 5) is 20.9. The molecule has 0 fully saturated rings. The lowest BCUT2D eigenvalue weighted by Crippen LogP contribution is -2.04. The van der Waals surface area contributed by atoms with Gasteiger partial charge in [0.2, 0.25) is 0 Å². The van der Waals surface area contributed by atoms with E-state index in [1.807, 2.05) is 0 Å². The molecule has 0 radical (unpaired) electrons. The van der Waals surface area contributed by atoms with Gasteiger partial charge in [-0.15, -0.1) is 0 Å². The molecule has 4 nitrogen and oxygen atoms in total. The summed E-state index contributed by atoms with van der Waals surface area (Å²) in [6.07, 6.45) is 0.268. The van der Waals surface area contributed by atoms with Crippen molar-refractivity contribution in [2.75, 3.05) is 0 Å². The Labute approximate surface area is 78.2 Å². The zero-order chi connectivity index (χ0) is 10.7. The number of nitrogens with zero attached hydrogens (tertiary/aromatic N) is 1. The largest absolute Gasteiger partial charge is 0.478 e. The van der Waals surface area contributed by atoms with Crippen LogP contribution in [-0.2, 0) is 0 Å². The SMILES string of the molecule is N#Cc1cc(C=O)c(C(=O)O)cc1F. The standard InChI is InChI=1S/C9H4FNO3/c10-8-2-7(9(13)14)6(4-12)1-5(8)3-11/h1-2,4H,(H,13,14). The summed E-state index contributed by atoms with van der Waals surface area (Å²) in [7, 11) is 0. The Hall–Kier alpha value is -2.22. The van der Waals surface area contributed by atoms with Gasteiger partial charge in [-0.3, -0.25) is 4.79 Å². The number of rotatable bonds is 2. The molecular formula is C9H4FNO3. The van der Waals surface area contributed by atoms with Crippen LogP contribution in [0.25, 0.3) is 0 Å². The quantitative estimate of drug-likeness (QED) is 0.716. The van der Waals surface area contributed by atoms with Crippen LogP contribution in [0.4, 0.5) is 4.39 Å². The highest BCUT2D eigenvalue weighted by Crippen LogP contribution is 2.14. The van der Waals surface area contributed by atoms with Crippen molar-refractivity contribution in [3.8, 4) is 6.07 Å². The Morgan fingerprint density at radius 3 is 2.64 bits per heavy atom. The minimum absolute atomic E-state index is 0.213. The second-order valence-corrected chi connectivity index (χ2v) is 2.45. The first-order valence-electron chi connectivity index (χ1n) is 3.52. The van der Waals surface area contributed by atoms with Crippen LogP contribution in [0, 0.1) is 17.1 Å². The fourth-order valence-corrected chi connectivity index (χ4v) is 0.958. The van der Waals surface area contributed by atoms with Crippen molar-refractivity contribution in [3.63, 3.8) is 0 Å².